The van der Waals surface area contributed by atoms with Gasteiger partial charge in [0, 0.05) is 29.0 Å². The Balaban J connectivity index is 2.04. The van der Waals surface area contributed by atoms with Crippen LogP contribution in [0.4, 0.5) is 5.00 Å². The van der Waals surface area contributed by atoms with E-state index in [4.69, 9.17) is 11.6 Å². The van der Waals surface area contributed by atoms with Crippen molar-refractivity contribution in [2.45, 2.75) is 19.4 Å². The predicted molar refractivity (Wildman–Crippen MR) is 69.2 cm³/mol. The van der Waals surface area contributed by atoms with Crippen molar-refractivity contribution >= 4 is 28.1 Å². The lowest BCUT2D eigenvalue weighted by atomic mass is 10.1. The van der Waals surface area contributed by atoms with Gasteiger partial charge in [0.1, 0.15) is 0 Å². The third-order valence-corrected chi connectivity index (χ3v) is 4.78. The first-order chi connectivity index (χ1) is 7.16. The molecule has 1 aromatic rings. The van der Waals surface area contributed by atoms with Gasteiger partial charge in [-0.05, 0) is 25.0 Å². The molecule has 0 amide bonds. The second-order valence-electron chi connectivity index (χ2n) is 3.90. The lowest BCUT2D eigenvalue weighted by molar-refractivity contribution is 0.223. The zero-order valence-corrected chi connectivity index (χ0v) is 10.5. The highest BCUT2D eigenvalue weighted by molar-refractivity contribution is 7.99. The summed E-state index contributed by atoms with van der Waals surface area (Å²) in [5, 5.41) is 2.89. The summed E-state index contributed by atoms with van der Waals surface area (Å²) in [6.45, 7) is 3.13. The molecule has 0 spiro atoms. The Morgan fingerprint density at radius 2 is 2.40 bits per heavy atom. The highest BCUT2D eigenvalue weighted by Crippen LogP contribution is 2.26. The van der Waals surface area contributed by atoms with Crippen LogP contribution in [-0.2, 0) is 6.42 Å². The SMILES string of the molecule is Cc1sc(N)cc1CC1CSCCN1N. The average Bonchev–Trinajstić information content (AvgIpc) is 2.49. The summed E-state index contributed by atoms with van der Waals surface area (Å²) >= 11 is 3.66. The van der Waals surface area contributed by atoms with Crippen molar-refractivity contribution in [2.24, 2.45) is 5.84 Å². The van der Waals surface area contributed by atoms with Crippen LogP contribution in [0.25, 0.3) is 0 Å². The van der Waals surface area contributed by atoms with Crippen LogP contribution >= 0.6 is 23.1 Å². The molecule has 15 heavy (non-hydrogen) atoms. The van der Waals surface area contributed by atoms with E-state index in [0.29, 0.717) is 6.04 Å². The molecule has 1 aliphatic rings. The maximum absolute atomic E-state index is 5.98. The Kier molecular flexibility index (Phi) is 3.56. The topological polar surface area (TPSA) is 55.3 Å². The van der Waals surface area contributed by atoms with Gasteiger partial charge in [-0.1, -0.05) is 0 Å². The molecule has 1 atom stereocenters. The van der Waals surface area contributed by atoms with Crippen molar-refractivity contribution in [3.05, 3.63) is 16.5 Å². The fourth-order valence-corrected chi connectivity index (χ4v) is 3.76. The molecule has 2 heterocycles. The Morgan fingerprint density at radius 1 is 1.60 bits per heavy atom. The van der Waals surface area contributed by atoms with E-state index in [2.05, 4.69) is 13.0 Å². The summed E-state index contributed by atoms with van der Waals surface area (Å²) in [5.41, 5.74) is 7.15. The van der Waals surface area contributed by atoms with Crippen LogP contribution in [0.5, 0.6) is 0 Å². The molecule has 0 aromatic carbocycles. The molecule has 0 bridgehead atoms. The van der Waals surface area contributed by atoms with E-state index in [1.165, 1.54) is 10.4 Å². The lowest BCUT2D eigenvalue weighted by Gasteiger charge is -2.31. The van der Waals surface area contributed by atoms with Gasteiger partial charge in [-0.3, -0.25) is 5.84 Å². The van der Waals surface area contributed by atoms with Crippen molar-refractivity contribution in [3.63, 3.8) is 0 Å². The maximum Gasteiger partial charge on any atom is 0.0861 e. The number of hydrogen-bond acceptors (Lipinski definition) is 5. The molecule has 1 saturated heterocycles. The monoisotopic (exact) mass is 243 g/mol. The number of thioether (sulfide) groups is 1. The van der Waals surface area contributed by atoms with Gasteiger partial charge in [0.05, 0.1) is 5.00 Å². The largest absolute Gasteiger partial charge is 0.391 e. The van der Waals surface area contributed by atoms with Gasteiger partial charge in [-0.15, -0.1) is 11.3 Å². The van der Waals surface area contributed by atoms with Gasteiger partial charge in [0.15, 0.2) is 0 Å². The van der Waals surface area contributed by atoms with Crippen LogP contribution in [0.15, 0.2) is 6.07 Å². The Hall–Kier alpha value is -0.230. The van der Waals surface area contributed by atoms with E-state index in [9.17, 15) is 0 Å². The molecule has 5 heteroatoms. The number of nitrogens with two attached hydrogens (primary N) is 2. The van der Waals surface area contributed by atoms with Crippen molar-refractivity contribution in [3.8, 4) is 0 Å². The molecule has 4 N–H and O–H groups in total. The van der Waals surface area contributed by atoms with Crippen molar-refractivity contribution in [2.75, 3.05) is 23.8 Å². The van der Waals surface area contributed by atoms with E-state index in [1.54, 1.807) is 11.3 Å². The van der Waals surface area contributed by atoms with Crippen LogP contribution in [0.2, 0.25) is 0 Å². The van der Waals surface area contributed by atoms with Crippen LogP contribution in [-0.4, -0.2) is 29.1 Å². The molecule has 84 valence electrons. The molecule has 0 radical (unpaired) electrons. The average molecular weight is 243 g/mol. The number of aryl methyl sites for hydroxylation is 1. The fourth-order valence-electron chi connectivity index (χ4n) is 1.85. The molecule has 1 aromatic heterocycles. The minimum Gasteiger partial charge on any atom is -0.391 e. The van der Waals surface area contributed by atoms with E-state index in [0.717, 1.165) is 29.5 Å². The minimum absolute atomic E-state index is 0.469. The van der Waals surface area contributed by atoms with Crippen molar-refractivity contribution in [1.82, 2.24) is 5.01 Å². The third-order valence-electron chi connectivity index (χ3n) is 2.77. The minimum atomic E-state index is 0.469. The number of anilines is 1. The maximum atomic E-state index is 5.98. The van der Waals surface area contributed by atoms with Gasteiger partial charge in [0.2, 0.25) is 0 Å². The molecular weight excluding hydrogens is 226 g/mol. The molecular formula is C10H17N3S2. The number of rotatable bonds is 2. The van der Waals surface area contributed by atoms with Gasteiger partial charge < -0.3 is 5.73 Å². The van der Waals surface area contributed by atoms with Gasteiger partial charge in [-0.25, -0.2) is 5.01 Å². The normalized spacial score (nSPS) is 23.2. The van der Waals surface area contributed by atoms with E-state index >= 15 is 0 Å². The standard InChI is InChI=1S/C10H17N3S2/c1-7-8(5-10(11)15-7)4-9-6-14-3-2-13(9)12/h5,9H,2-4,6,11-12H2,1H3. The summed E-state index contributed by atoms with van der Waals surface area (Å²) in [6, 6.07) is 2.56. The summed E-state index contributed by atoms with van der Waals surface area (Å²) in [7, 11) is 0. The van der Waals surface area contributed by atoms with E-state index < -0.39 is 0 Å². The smallest absolute Gasteiger partial charge is 0.0861 e. The first-order valence-electron chi connectivity index (χ1n) is 5.10. The number of hydrazine groups is 1. The van der Waals surface area contributed by atoms with Crippen molar-refractivity contribution in [1.29, 1.82) is 0 Å². The number of nitrogens with zero attached hydrogens (tertiary/aromatic N) is 1. The highest BCUT2D eigenvalue weighted by Gasteiger charge is 2.21. The van der Waals surface area contributed by atoms with Crippen LogP contribution in [0.1, 0.15) is 10.4 Å². The number of thiophene rings is 1. The lowest BCUT2D eigenvalue weighted by Crippen LogP contribution is -2.48. The van der Waals surface area contributed by atoms with Gasteiger partial charge in [-0.2, -0.15) is 11.8 Å². The molecule has 1 aliphatic heterocycles. The highest BCUT2D eigenvalue weighted by atomic mass is 32.2. The summed E-state index contributed by atoms with van der Waals surface area (Å²) in [5.74, 6) is 8.26. The molecule has 1 fully saturated rings. The molecule has 0 saturated carbocycles. The Morgan fingerprint density at radius 3 is 3.00 bits per heavy atom. The van der Waals surface area contributed by atoms with Crippen LogP contribution in [0.3, 0.4) is 0 Å². The zero-order chi connectivity index (χ0) is 10.8. The second-order valence-corrected chi connectivity index (χ2v) is 6.34. The van der Waals surface area contributed by atoms with E-state index in [1.807, 2.05) is 16.8 Å². The summed E-state index contributed by atoms with van der Waals surface area (Å²) in [4.78, 5) is 1.33. The van der Waals surface area contributed by atoms with E-state index in [-0.39, 0.29) is 0 Å². The van der Waals surface area contributed by atoms with Gasteiger partial charge in [0.25, 0.3) is 0 Å². The molecule has 0 aliphatic carbocycles. The number of nitrogen functional groups attached to an aromatic ring is 1. The van der Waals surface area contributed by atoms with Gasteiger partial charge >= 0.3 is 0 Å². The Bertz CT molecular complexity index is 337. The molecule has 2 rings (SSSR count). The Labute approximate surface area is 98.8 Å². The third kappa shape index (κ3) is 2.66. The van der Waals surface area contributed by atoms with Crippen molar-refractivity contribution < 1.29 is 0 Å². The summed E-state index contributed by atoms with van der Waals surface area (Å²) < 4.78 is 0. The van der Waals surface area contributed by atoms with Crippen LogP contribution < -0.4 is 11.6 Å². The van der Waals surface area contributed by atoms with Crippen LogP contribution in [0, 0.1) is 6.92 Å². The second kappa shape index (κ2) is 4.74. The summed E-state index contributed by atoms with van der Waals surface area (Å²) in [6.07, 6.45) is 1.03. The zero-order valence-electron chi connectivity index (χ0n) is 8.90. The predicted octanol–water partition coefficient (Wildman–Crippen LogP) is 1.47. The molecule has 3 nitrogen and oxygen atoms in total. The first-order valence-corrected chi connectivity index (χ1v) is 7.08. The quantitative estimate of drug-likeness (QED) is 0.772. The molecule has 1 unspecified atom stereocenters. The number of hydrogen-bond donors (Lipinski definition) is 2. The first kappa shape index (κ1) is 11.3. The fraction of sp³-hybridized carbons (Fsp3) is 0.600.